The lowest BCUT2D eigenvalue weighted by atomic mass is 9.99. The van der Waals surface area contributed by atoms with Crippen LogP contribution in [0.1, 0.15) is 12.6 Å². The summed E-state index contributed by atoms with van der Waals surface area (Å²) in [6.45, 7) is 2.22. The number of phenolic OH excluding ortho intramolecular Hbond substituents is 1. The van der Waals surface area contributed by atoms with Gasteiger partial charge in [-0.1, -0.05) is 71.0 Å². The molecular weight excluding hydrogens is 424 g/mol. The molecule has 0 aliphatic carbocycles. The van der Waals surface area contributed by atoms with Gasteiger partial charge < -0.3 is 14.4 Å². The Bertz CT molecular complexity index is 788. The standard InChI is InChI=1S/C10H10BN2.C6HCl5O/c1-8-4-6-13-10(8)7-9-3-2-5-12(9)11-13;7-1-2(8)4(10)6(12)5(11)3(1)9/h2-8H,1H3;12H. The number of aromatic hydroxyl groups is 1. The molecule has 25 heavy (non-hydrogen) atoms. The van der Waals surface area contributed by atoms with Gasteiger partial charge in [-0.15, -0.1) is 0 Å². The Kier molecular flexibility index (Phi) is 5.57. The Labute approximate surface area is 171 Å². The average Bonchev–Trinajstić information content (AvgIpc) is 3.22. The summed E-state index contributed by atoms with van der Waals surface area (Å²) in [5.41, 5.74) is 2.63. The summed E-state index contributed by atoms with van der Waals surface area (Å²) in [6.07, 6.45) is 8.65. The summed E-state index contributed by atoms with van der Waals surface area (Å²) < 4.78 is 2.13. The van der Waals surface area contributed by atoms with Crippen LogP contribution in [0.2, 0.25) is 25.1 Å². The van der Waals surface area contributed by atoms with E-state index in [1.165, 1.54) is 11.4 Å². The van der Waals surface area contributed by atoms with E-state index in [-0.39, 0.29) is 30.9 Å². The molecule has 2 aliphatic rings. The zero-order valence-corrected chi connectivity index (χ0v) is 16.6. The number of rotatable bonds is 0. The normalized spacial score (nSPS) is 17.3. The molecule has 1 radical (unpaired) electrons. The first-order valence-electron chi connectivity index (χ1n) is 7.21. The van der Waals surface area contributed by atoms with Gasteiger partial charge in [0.25, 0.3) is 0 Å². The Morgan fingerprint density at radius 3 is 2.24 bits per heavy atom. The Morgan fingerprint density at radius 2 is 1.60 bits per heavy atom. The predicted molar refractivity (Wildman–Crippen MR) is 107 cm³/mol. The summed E-state index contributed by atoms with van der Waals surface area (Å²) in [7, 11) is 2.12. The number of hydrogen-bond donors (Lipinski definition) is 1. The quantitative estimate of drug-likeness (QED) is 0.297. The van der Waals surface area contributed by atoms with Crippen LogP contribution in [0.25, 0.3) is 6.08 Å². The van der Waals surface area contributed by atoms with Crippen molar-refractivity contribution >= 4 is 71.6 Å². The van der Waals surface area contributed by atoms with E-state index in [9.17, 15) is 5.11 Å². The van der Waals surface area contributed by atoms with Crippen LogP contribution in [0.5, 0.6) is 5.75 Å². The number of benzene rings is 1. The van der Waals surface area contributed by atoms with Crippen LogP contribution in [-0.2, 0) is 0 Å². The number of hydrogen-bond acceptors (Lipinski definition) is 2. The van der Waals surface area contributed by atoms with Gasteiger partial charge in [0.05, 0.1) is 15.1 Å². The van der Waals surface area contributed by atoms with E-state index in [1.54, 1.807) is 0 Å². The van der Waals surface area contributed by atoms with Crippen LogP contribution < -0.4 is 0 Å². The molecule has 1 aromatic heterocycles. The second-order valence-corrected chi connectivity index (χ2v) is 7.37. The summed E-state index contributed by atoms with van der Waals surface area (Å²) >= 11 is 27.9. The number of allylic oxidation sites excluding steroid dienone is 1. The Hall–Kier alpha value is -0.905. The van der Waals surface area contributed by atoms with Crippen LogP contribution >= 0.6 is 58.0 Å². The number of aromatic nitrogens is 1. The zero-order chi connectivity index (χ0) is 18.3. The third-order valence-electron chi connectivity index (χ3n) is 3.84. The van der Waals surface area contributed by atoms with E-state index < -0.39 is 0 Å². The molecule has 0 saturated heterocycles. The summed E-state index contributed by atoms with van der Waals surface area (Å²) in [5, 5.41) is 9.01. The van der Waals surface area contributed by atoms with Crippen molar-refractivity contribution in [1.29, 1.82) is 0 Å². The molecular formula is C16H11BCl5N2O. The summed E-state index contributed by atoms with van der Waals surface area (Å²) in [4.78, 5) is 2.18. The molecule has 2 aliphatic heterocycles. The van der Waals surface area contributed by atoms with E-state index in [2.05, 4.69) is 60.4 Å². The fourth-order valence-electron chi connectivity index (χ4n) is 2.47. The fraction of sp³-hybridized carbons (Fsp3) is 0.125. The van der Waals surface area contributed by atoms with E-state index in [0.717, 1.165) is 0 Å². The van der Waals surface area contributed by atoms with Crippen LogP contribution in [0.4, 0.5) is 0 Å². The minimum absolute atomic E-state index is 0.00904. The van der Waals surface area contributed by atoms with Crippen molar-refractivity contribution in [2.24, 2.45) is 5.92 Å². The van der Waals surface area contributed by atoms with Crippen LogP contribution in [-0.4, -0.2) is 21.9 Å². The van der Waals surface area contributed by atoms with Gasteiger partial charge in [0.2, 0.25) is 0 Å². The molecule has 1 aromatic carbocycles. The highest BCUT2D eigenvalue weighted by Crippen LogP contribution is 2.47. The van der Waals surface area contributed by atoms with Gasteiger partial charge in [0, 0.05) is 17.3 Å². The van der Waals surface area contributed by atoms with Gasteiger partial charge in [0.1, 0.15) is 10.0 Å². The van der Waals surface area contributed by atoms with Crippen molar-refractivity contribution in [1.82, 2.24) is 9.29 Å². The lowest BCUT2D eigenvalue weighted by Crippen LogP contribution is -2.30. The third-order valence-corrected chi connectivity index (χ3v) is 6.10. The van der Waals surface area contributed by atoms with Gasteiger partial charge in [-0.2, -0.15) is 0 Å². The molecule has 3 nitrogen and oxygen atoms in total. The second-order valence-electron chi connectivity index (χ2n) is 5.48. The maximum absolute atomic E-state index is 9.20. The van der Waals surface area contributed by atoms with Crippen molar-refractivity contribution in [3.8, 4) is 5.75 Å². The highest BCUT2D eigenvalue weighted by atomic mass is 35.5. The average molecular weight is 435 g/mol. The predicted octanol–water partition coefficient (Wildman–Crippen LogP) is 6.35. The molecule has 2 aromatic rings. The molecule has 9 heteroatoms. The second kappa shape index (κ2) is 7.38. The number of phenols is 1. The Morgan fingerprint density at radius 1 is 1.00 bits per heavy atom. The van der Waals surface area contributed by atoms with Gasteiger partial charge in [0.15, 0.2) is 5.75 Å². The van der Waals surface area contributed by atoms with Crippen molar-refractivity contribution in [2.75, 3.05) is 0 Å². The highest BCUT2D eigenvalue weighted by Gasteiger charge is 2.24. The molecule has 0 fully saturated rings. The maximum atomic E-state index is 9.20. The largest absolute Gasteiger partial charge is 0.505 e. The number of fused-ring (bicyclic) bond motifs is 2. The minimum atomic E-state index is -0.363. The SMILES string of the molecule is CC1C=CN2[B]n3cccc3C=C12.Oc1c(Cl)c(Cl)c(Cl)c(Cl)c1Cl. The molecule has 1 N–H and O–H groups in total. The zero-order valence-electron chi connectivity index (χ0n) is 12.9. The lowest BCUT2D eigenvalue weighted by Gasteiger charge is -2.25. The number of nitrogens with zero attached hydrogens (tertiary/aromatic N) is 2. The van der Waals surface area contributed by atoms with Crippen molar-refractivity contribution in [3.05, 3.63) is 67.1 Å². The molecule has 1 unspecified atom stereocenters. The van der Waals surface area contributed by atoms with E-state index >= 15 is 0 Å². The van der Waals surface area contributed by atoms with Gasteiger partial charge in [-0.05, 0) is 30.6 Å². The first-order chi connectivity index (χ1) is 11.8. The third kappa shape index (κ3) is 3.51. The monoisotopic (exact) mass is 433 g/mol. The van der Waals surface area contributed by atoms with E-state index in [0.29, 0.717) is 5.92 Å². The molecule has 0 saturated carbocycles. The van der Waals surface area contributed by atoms with Crippen LogP contribution in [0, 0.1) is 5.92 Å². The van der Waals surface area contributed by atoms with E-state index in [1.807, 2.05) is 0 Å². The molecule has 3 heterocycles. The maximum Gasteiger partial charge on any atom is 0.400 e. The van der Waals surface area contributed by atoms with Crippen molar-refractivity contribution < 1.29 is 5.11 Å². The first-order valence-corrected chi connectivity index (χ1v) is 9.10. The Balaban J connectivity index is 0.000000147. The first kappa shape index (κ1) is 18.9. The minimum Gasteiger partial charge on any atom is -0.505 e. The fourth-order valence-corrected chi connectivity index (χ4v) is 3.59. The van der Waals surface area contributed by atoms with Crippen LogP contribution in [0.15, 0.2) is 36.3 Å². The smallest absolute Gasteiger partial charge is 0.400 e. The highest BCUT2D eigenvalue weighted by molar-refractivity contribution is 6.55. The van der Waals surface area contributed by atoms with Crippen molar-refractivity contribution in [2.45, 2.75) is 6.92 Å². The van der Waals surface area contributed by atoms with E-state index in [4.69, 9.17) is 58.0 Å². The molecule has 1 atom stereocenters. The molecule has 0 spiro atoms. The van der Waals surface area contributed by atoms with Crippen LogP contribution in [0.3, 0.4) is 0 Å². The molecule has 0 amide bonds. The van der Waals surface area contributed by atoms with Gasteiger partial charge in [-0.3, -0.25) is 0 Å². The topological polar surface area (TPSA) is 28.4 Å². The summed E-state index contributed by atoms with van der Waals surface area (Å²) in [5.74, 6) is 0.178. The molecule has 129 valence electrons. The molecule has 0 bridgehead atoms. The number of halogens is 5. The van der Waals surface area contributed by atoms with Crippen molar-refractivity contribution in [3.63, 3.8) is 0 Å². The molecule has 4 rings (SSSR count). The summed E-state index contributed by atoms with van der Waals surface area (Å²) in [6, 6.07) is 4.20. The lowest BCUT2D eigenvalue weighted by molar-refractivity contribution is 0.476. The van der Waals surface area contributed by atoms with Gasteiger partial charge in [-0.25, -0.2) is 0 Å². The van der Waals surface area contributed by atoms with Gasteiger partial charge >= 0.3 is 7.55 Å².